The number of amides is 1. The van der Waals surface area contributed by atoms with E-state index in [-0.39, 0.29) is 31.0 Å². The van der Waals surface area contributed by atoms with Crippen LogP contribution in [-0.4, -0.2) is 30.1 Å². The molecule has 0 saturated heterocycles. The van der Waals surface area contributed by atoms with Crippen molar-refractivity contribution >= 4 is 11.9 Å². The summed E-state index contributed by atoms with van der Waals surface area (Å²) in [5, 5.41) is 14.5. The standard InChI is InChI=1S/C21H24N2O3/c24-19(22-14-20(25)26)13-23-21(16-8-2-1-3-9-16)18-12-6-10-15-7-4-5-11-17(15)18/h1-5,7-9,11,18,21,23H,6,10,12-14H2,(H,22,24)(H,25,26). The summed E-state index contributed by atoms with van der Waals surface area (Å²) < 4.78 is 0. The number of carbonyl (C=O) groups excluding carboxylic acids is 1. The number of rotatable bonds is 7. The third-order valence-corrected chi connectivity index (χ3v) is 4.90. The molecule has 0 bridgehead atoms. The zero-order valence-corrected chi connectivity index (χ0v) is 14.7. The van der Waals surface area contributed by atoms with Crippen LogP contribution < -0.4 is 10.6 Å². The van der Waals surface area contributed by atoms with Gasteiger partial charge in [0.05, 0.1) is 6.54 Å². The molecule has 1 amide bonds. The average molecular weight is 352 g/mol. The molecule has 0 aromatic heterocycles. The minimum absolute atomic E-state index is 0.00762. The minimum atomic E-state index is -1.04. The van der Waals surface area contributed by atoms with Gasteiger partial charge in [-0.2, -0.15) is 0 Å². The van der Waals surface area contributed by atoms with Gasteiger partial charge in [-0.1, -0.05) is 54.6 Å². The lowest BCUT2D eigenvalue weighted by atomic mass is 9.76. The molecule has 26 heavy (non-hydrogen) atoms. The van der Waals surface area contributed by atoms with Gasteiger partial charge in [0.1, 0.15) is 6.54 Å². The van der Waals surface area contributed by atoms with Crippen molar-refractivity contribution in [1.82, 2.24) is 10.6 Å². The lowest BCUT2D eigenvalue weighted by molar-refractivity contribution is -0.137. The molecule has 0 radical (unpaired) electrons. The highest BCUT2D eigenvalue weighted by atomic mass is 16.4. The van der Waals surface area contributed by atoms with E-state index >= 15 is 0 Å². The average Bonchev–Trinajstić information content (AvgIpc) is 2.67. The molecule has 0 heterocycles. The van der Waals surface area contributed by atoms with Crippen molar-refractivity contribution in [2.75, 3.05) is 13.1 Å². The van der Waals surface area contributed by atoms with Crippen molar-refractivity contribution in [1.29, 1.82) is 0 Å². The van der Waals surface area contributed by atoms with Crippen LogP contribution in [-0.2, 0) is 16.0 Å². The van der Waals surface area contributed by atoms with E-state index in [2.05, 4.69) is 47.0 Å². The lowest BCUT2D eigenvalue weighted by Gasteiger charge is -2.33. The van der Waals surface area contributed by atoms with Gasteiger partial charge in [0, 0.05) is 12.0 Å². The molecule has 3 N–H and O–H groups in total. The largest absolute Gasteiger partial charge is 0.480 e. The summed E-state index contributed by atoms with van der Waals surface area (Å²) in [6.07, 6.45) is 3.27. The Morgan fingerprint density at radius 2 is 1.77 bits per heavy atom. The Hall–Kier alpha value is -2.66. The number of fused-ring (bicyclic) bond motifs is 1. The van der Waals surface area contributed by atoms with Crippen LogP contribution in [0.5, 0.6) is 0 Å². The van der Waals surface area contributed by atoms with Crippen molar-refractivity contribution in [3.8, 4) is 0 Å². The van der Waals surface area contributed by atoms with E-state index in [4.69, 9.17) is 5.11 Å². The van der Waals surface area contributed by atoms with Gasteiger partial charge in [-0.15, -0.1) is 0 Å². The first-order valence-electron chi connectivity index (χ1n) is 9.00. The predicted octanol–water partition coefficient (Wildman–Crippen LogP) is 2.64. The first-order valence-corrected chi connectivity index (χ1v) is 9.00. The molecule has 5 nitrogen and oxygen atoms in total. The van der Waals surface area contributed by atoms with Crippen molar-refractivity contribution in [2.24, 2.45) is 0 Å². The number of hydrogen-bond acceptors (Lipinski definition) is 3. The highest BCUT2D eigenvalue weighted by Crippen LogP contribution is 2.40. The Labute approximate surface area is 153 Å². The summed E-state index contributed by atoms with van der Waals surface area (Å²) in [4.78, 5) is 22.6. The maximum absolute atomic E-state index is 12.0. The van der Waals surface area contributed by atoms with Gasteiger partial charge in [-0.3, -0.25) is 9.59 Å². The van der Waals surface area contributed by atoms with Gasteiger partial charge in [0.15, 0.2) is 0 Å². The summed E-state index contributed by atoms with van der Waals surface area (Å²) in [6, 6.07) is 18.7. The van der Waals surface area contributed by atoms with Gasteiger partial charge in [0.2, 0.25) is 5.91 Å². The number of carbonyl (C=O) groups is 2. The van der Waals surface area contributed by atoms with Gasteiger partial charge in [-0.25, -0.2) is 0 Å². The van der Waals surface area contributed by atoms with Crippen LogP contribution >= 0.6 is 0 Å². The van der Waals surface area contributed by atoms with Gasteiger partial charge < -0.3 is 15.7 Å². The Balaban J connectivity index is 1.79. The normalized spacial score (nSPS) is 17.2. The summed E-state index contributed by atoms with van der Waals surface area (Å²) in [7, 11) is 0. The number of nitrogens with one attached hydrogen (secondary N) is 2. The number of carboxylic acids is 1. The highest BCUT2D eigenvalue weighted by Gasteiger charge is 2.29. The van der Waals surface area contributed by atoms with Crippen LogP contribution in [0.25, 0.3) is 0 Å². The summed E-state index contributed by atoms with van der Waals surface area (Å²) in [5.74, 6) is -1.06. The number of carboxylic acid groups (broad SMARTS) is 1. The summed E-state index contributed by atoms with van der Waals surface area (Å²) >= 11 is 0. The summed E-state index contributed by atoms with van der Waals surface area (Å²) in [6.45, 7) is -0.270. The molecule has 0 fully saturated rings. The molecule has 1 aliphatic carbocycles. The first kappa shape index (κ1) is 18.1. The van der Waals surface area contributed by atoms with E-state index < -0.39 is 5.97 Å². The number of hydrogen-bond donors (Lipinski definition) is 3. The summed E-state index contributed by atoms with van der Waals surface area (Å²) in [5.41, 5.74) is 3.85. The second kappa shape index (κ2) is 8.63. The lowest BCUT2D eigenvalue weighted by Crippen LogP contribution is -2.39. The monoisotopic (exact) mass is 352 g/mol. The number of aryl methyl sites for hydroxylation is 1. The van der Waals surface area contributed by atoms with Gasteiger partial charge in [-0.05, 0) is 36.0 Å². The van der Waals surface area contributed by atoms with Gasteiger partial charge in [0.25, 0.3) is 0 Å². The van der Waals surface area contributed by atoms with Crippen molar-refractivity contribution in [2.45, 2.75) is 31.2 Å². The minimum Gasteiger partial charge on any atom is -0.480 e. The number of benzene rings is 2. The highest BCUT2D eigenvalue weighted by molar-refractivity contribution is 5.82. The topological polar surface area (TPSA) is 78.4 Å². The second-order valence-electron chi connectivity index (χ2n) is 6.64. The molecule has 1 aliphatic rings. The zero-order valence-electron chi connectivity index (χ0n) is 14.7. The Bertz CT molecular complexity index is 761. The van der Waals surface area contributed by atoms with Crippen LogP contribution in [0.3, 0.4) is 0 Å². The van der Waals surface area contributed by atoms with Crippen LogP contribution in [0.1, 0.15) is 41.5 Å². The van der Waals surface area contributed by atoms with Crippen LogP contribution in [0.2, 0.25) is 0 Å². The fourth-order valence-corrected chi connectivity index (χ4v) is 3.73. The molecule has 0 aliphatic heterocycles. The van der Waals surface area contributed by atoms with Crippen LogP contribution in [0.4, 0.5) is 0 Å². The Kier molecular flexibility index (Phi) is 6.02. The molecule has 136 valence electrons. The third kappa shape index (κ3) is 4.49. The fraction of sp³-hybridized carbons (Fsp3) is 0.333. The molecule has 0 spiro atoms. The molecular weight excluding hydrogens is 328 g/mol. The van der Waals surface area contributed by atoms with Gasteiger partial charge >= 0.3 is 5.97 Å². The van der Waals surface area contributed by atoms with E-state index in [0.29, 0.717) is 0 Å². The van der Waals surface area contributed by atoms with Crippen LogP contribution in [0.15, 0.2) is 54.6 Å². The SMILES string of the molecule is O=C(O)CNC(=O)CNC(c1ccccc1)C1CCCc2ccccc21. The smallest absolute Gasteiger partial charge is 0.322 e. The second-order valence-corrected chi connectivity index (χ2v) is 6.64. The Morgan fingerprint density at radius 1 is 1.04 bits per heavy atom. The van der Waals surface area contributed by atoms with Crippen molar-refractivity contribution < 1.29 is 14.7 Å². The van der Waals surface area contributed by atoms with E-state index in [9.17, 15) is 9.59 Å². The van der Waals surface area contributed by atoms with Crippen molar-refractivity contribution in [3.05, 3.63) is 71.3 Å². The molecule has 5 heteroatoms. The first-order chi connectivity index (χ1) is 12.6. The molecule has 2 unspecified atom stereocenters. The maximum atomic E-state index is 12.0. The molecule has 2 aromatic rings. The quantitative estimate of drug-likeness (QED) is 0.716. The molecule has 2 atom stereocenters. The number of aliphatic carboxylic acids is 1. The predicted molar refractivity (Wildman–Crippen MR) is 100.0 cm³/mol. The Morgan fingerprint density at radius 3 is 2.54 bits per heavy atom. The maximum Gasteiger partial charge on any atom is 0.322 e. The molecule has 3 rings (SSSR count). The van der Waals surface area contributed by atoms with Crippen LogP contribution in [0, 0.1) is 0 Å². The molecule has 2 aromatic carbocycles. The van der Waals surface area contributed by atoms with E-state index in [1.54, 1.807) is 0 Å². The van der Waals surface area contributed by atoms with E-state index in [1.807, 2.05) is 18.2 Å². The fourth-order valence-electron chi connectivity index (χ4n) is 3.73. The van der Waals surface area contributed by atoms with E-state index in [1.165, 1.54) is 11.1 Å². The zero-order chi connectivity index (χ0) is 18.4. The van der Waals surface area contributed by atoms with E-state index in [0.717, 1.165) is 24.8 Å². The molecular formula is C21H24N2O3. The van der Waals surface area contributed by atoms with Crippen molar-refractivity contribution in [3.63, 3.8) is 0 Å². The third-order valence-electron chi connectivity index (χ3n) is 4.90. The molecule has 0 saturated carbocycles.